The molecule has 1 aromatic rings. The second-order valence-corrected chi connectivity index (χ2v) is 6.84. The number of aromatic nitrogens is 1. The Morgan fingerprint density at radius 2 is 2.11 bits per heavy atom. The summed E-state index contributed by atoms with van der Waals surface area (Å²) in [6, 6.07) is 4.70. The summed E-state index contributed by atoms with van der Waals surface area (Å²) in [5.74, 6) is 2.92. The van der Waals surface area contributed by atoms with Crippen LogP contribution in [0.1, 0.15) is 56.7 Å². The summed E-state index contributed by atoms with van der Waals surface area (Å²) in [6.45, 7) is 4.72. The molecule has 0 amide bonds. The largest absolute Gasteiger partial charge is 0.327 e. The Hall–Kier alpha value is -0.890. The van der Waals surface area contributed by atoms with Gasteiger partial charge in [0.05, 0.1) is 0 Å². The Morgan fingerprint density at radius 1 is 1.26 bits per heavy atom. The predicted molar refractivity (Wildman–Crippen MR) is 78.9 cm³/mol. The Bertz CT molecular complexity index is 441. The van der Waals surface area contributed by atoms with Crippen LogP contribution in [-0.2, 0) is 6.42 Å². The molecule has 19 heavy (non-hydrogen) atoms. The van der Waals surface area contributed by atoms with Crippen LogP contribution in [0.15, 0.2) is 18.3 Å². The van der Waals surface area contributed by atoms with Gasteiger partial charge in [0, 0.05) is 23.9 Å². The Balaban J connectivity index is 1.81. The minimum absolute atomic E-state index is 0.382. The first-order valence-corrected chi connectivity index (χ1v) is 7.86. The molecule has 2 N–H and O–H groups in total. The van der Waals surface area contributed by atoms with Gasteiger partial charge in [0.15, 0.2) is 0 Å². The van der Waals surface area contributed by atoms with E-state index >= 15 is 0 Å². The zero-order chi connectivity index (χ0) is 13.4. The molecule has 0 aliphatic heterocycles. The van der Waals surface area contributed by atoms with Crippen LogP contribution in [0.5, 0.6) is 0 Å². The predicted octanol–water partition coefficient (Wildman–Crippen LogP) is 3.51. The van der Waals surface area contributed by atoms with E-state index in [0.717, 1.165) is 11.8 Å². The fraction of sp³-hybridized carbons (Fsp3) is 0.706. The average molecular weight is 258 g/mol. The van der Waals surface area contributed by atoms with Crippen molar-refractivity contribution in [1.82, 2.24) is 4.98 Å². The smallest absolute Gasteiger partial charge is 0.0469 e. The number of pyridine rings is 1. The van der Waals surface area contributed by atoms with Gasteiger partial charge in [-0.25, -0.2) is 0 Å². The lowest BCUT2D eigenvalue weighted by Crippen LogP contribution is -2.40. The van der Waals surface area contributed by atoms with Gasteiger partial charge in [0.25, 0.3) is 0 Å². The maximum Gasteiger partial charge on any atom is 0.0469 e. The first kappa shape index (κ1) is 13.1. The molecular formula is C17H26N2. The Kier molecular flexibility index (Phi) is 3.62. The molecule has 3 rings (SSSR count). The summed E-state index contributed by atoms with van der Waals surface area (Å²) < 4.78 is 0. The summed E-state index contributed by atoms with van der Waals surface area (Å²) in [4.78, 5) is 4.66. The molecule has 0 bridgehead atoms. The third kappa shape index (κ3) is 2.43. The van der Waals surface area contributed by atoms with Gasteiger partial charge in [-0.2, -0.15) is 0 Å². The minimum atomic E-state index is 0.382. The summed E-state index contributed by atoms with van der Waals surface area (Å²) in [6.07, 6.45) is 8.23. The summed E-state index contributed by atoms with van der Waals surface area (Å²) in [5.41, 5.74) is 9.27. The Morgan fingerprint density at radius 3 is 2.89 bits per heavy atom. The summed E-state index contributed by atoms with van der Waals surface area (Å²) >= 11 is 0. The molecule has 4 atom stereocenters. The van der Waals surface area contributed by atoms with Gasteiger partial charge in [-0.05, 0) is 61.5 Å². The highest BCUT2D eigenvalue weighted by atomic mass is 14.7. The number of fused-ring (bicyclic) bond motifs is 1. The van der Waals surface area contributed by atoms with Crippen LogP contribution in [0, 0.1) is 17.8 Å². The molecule has 2 aliphatic rings. The fourth-order valence-electron chi connectivity index (χ4n) is 4.19. The van der Waals surface area contributed by atoms with Crippen LogP contribution in [0.3, 0.4) is 0 Å². The highest BCUT2D eigenvalue weighted by Crippen LogP contribution is 2.45. The second-order valence-electron chi connectivity index (χ2n) is 6.84. The molecule has 1 saturated carbocycles. The monoisotopic (exact) mass is 258 g/mol. The highest BCUT2D eigenvalue weighted by molar-refractivity contribution is 5.29. The molecule has 1 heterocycles. The van der Waals surface area contributed by atoms with Crippen LogP contribution in [0.2, 0.25) is 0 Å². The van der Waals surface area contributed by atoms with E-state index in [1.165, 1.54) is 43.4 Å². The van der Waals surface area contributed by atoms with Gasteiger partial charge < -0.3 is 5.73 Å². The van der Waals surface area contributed by atoms with E-state index in [-0.39, 0.29) is 0 Å². The van der Waals surface area contributed by atoms with Crippen LogP contribution < -0.4 is 5.73 Å². The minimum Gasteiger partial charge on any atom is -0.327 e. The van der Waals surface area contributed by atoms with Crippen molar-refractivity contribution in [3.05, 3.63) is 29.6 Å². The maximum atomic E-state index is 6.45. The van der Waals surface area contributed by atoms with Crippen molar-refractivity contribution in [2.45, 2.75) is 57.9 Å². The van der Waals surface area contributed by atoms with Gasteiger partial charge in [-0.1, -0.05) is 19.9 Å². The standard InChI is InChI=1S/C17H26N2/c1-11(2)13-6-8-16(18)15(10-13)14-7-5-12-4-3-9-19-17(12)14/h3-4,9,11,13-16H,5-8,10,18H2,1-2H3. The normalized spacial score (nSPS) is 34.5. The molecule has 0 saturated heterocycles. The lowest BCUT2D eigenvalue weighted by atomic mass is 9.68. The van der Waals surface area contributed by atoms with E-state index in [0.29, 0.717) is 17.9 Å². The average Bonchev–Trinajstić information content (AvgIpc) is 2.83. The molecule has 0 spiro atoms. The molecule has 0 radical (unpaired) electrons. The fourth-order valence-corrected chi connectivity index (χ4v) is 4.19. The number of hydrogen-bond donors (Lipinski definition) is 1. The number of hydrogen-bond acceptors (Lipinski definition) is 2. The van der Waals surface area contributed by atoms with Crippen LogP contribution >= 0.6 is 0 Å². The molecule has 1 fully saturated rings. The SMILES string of the molecule is CC(C)C1CCC(N)C(C2CCc3cccnc32)C1. The molecule has 2 heteroatoms. The third-order valence-corrected chi connectivity index (χ3v) is 5.46. The zero-order valence-corrected chi connectivity index (χ0v) is 12.2. The van der Waals surface area contributed by atoms with E-state index in [4.69, 9.17) is 5.73 Å². The van der Waals surface area contributed by atoms with Gasteiger partial charge in [0.1, 0.15) is 0 Å². The lowest BCUT2D eigenvalue weighted by molar-refractivity contribution is 0.165. The third-order valence-electron chi connectivity index (χ3n) is 5.46. The Labute approximate surface area is 116 Å². The summed E-state index contributed by atoms with van der Waals surface area (Å²) in [7, 11) is 0. The van der Waals surface area contributed by atoms with Crippen molar-refractivity contribution in [1.29, 1.82) is 0 Å². The van der Waals surface area contributed by atoms with E-state index in [1.54, 1.807) is 0 Å². The highest BCUT2D eigenvalue weighted by Gasteiger charge is 2.38. The molecule has 2 aliphatic carbocycles. The molecular weight excluding hydrogens is 232 g/mol. The topological polar surface area (TPSA) is 38.9 Å². The quantitative estimate of drug-likeness (QED) is 0.881. The first-order valence-electron chi connectivity index (χ1n) is 7.86. The van der Waals surface area contributed by atoms with E-state index in [2.05, 4.69) is 31.0 Å². The van der Waals surface area contributed by atoms with Crippen molar-refractivity contribution in [3.63, 3.8) is 0 Å². The maximum absolute atomic E-state index is 6.45. The molecule has 2 nitrogen and oxygen atoms in total. The second kappa shape index (κ2) is 5.24. The number of nitrogens with zero attached hydrogens (tertiary/aromatic N) is 1. The van der Waals surface area contributed by atoms with Crippen molar-refractivity contribution in [2.75, 3.05) is 0 Å². The molecule has 4 unspecified atom stereocenters. The van der Waals surface area contributed by atoms with Crippen molar-refractivity contribution in [3.8, 4) is 0 Å². The van der Waals surface area contributed by atoms with Crippen LogP contribution in [-0.4, -0.2) is 11.0 Å². The molecule has 104 valence electrons. The van der Waals surface area contributed by atoms with E-state index < -0.39 is 0 Å². The molecule has 0 aromatic carbocycles. The zero-order valence-electron chi connectivity index (χ0n) is 12.2. The molecule has 1 aromatic heterocycles. The van der Waals surface area contributed by atoms with E-state index in [9.17, 15) is 0 Å². The van der Waals surface area contributed by atoms with Gasteiger partial charge in [0.2, 0.25) is 0 Å². The van der Waals surface area contributed by atoms with Crippen molar-refractivity contribution in [2.24, 2.45) is 23.5 Å². The number of rotatable bonds is 2. The van der Waals surface area contributed by atoms with Gasteiger partial charge in [-0.3, -0.25) is 4.98 Å². The first-order chi connectivity index (χ1) is 9.16. The number of nitrogens with two attached hydrogens (primary N) is 1. The van der Waals surface area contributed by atoms with Crippen LogP contribution in [0.4, 0.5) is 0 Å². The van der Waals surface area contributed by atoms with Gasteiger partial charge in [-0.15, -0.1) is 0 Å². The summed E-state index contributed by atoms with van der Waals surface area (Å²) in [5, 5.41) is 0. The van der Waals surface area contributed by atoms with E-state index in [1.807, 2.05) is 6.20 Å². The van der Waals surface area contributed by atoms with Crippen LogP contribution in [0.25, 0.3) is 0 Å². The number of aryl methyl sites for hydroxylation is 1. The van der Waals surface area contributed by atoms with Crippen molar-refractivity contribution >= 4 is 0 Å². The van der Waals surface area contributed by atoms with Crippen molar-refractivity contribution < 1.29 is 0 Å². The lowest BCUT2D eigenvalue weighted by Gasteiger charge is -2.39. The van der Waals surface area contributed by atoms with Gasteiger partial charge >= 0.3 is 0 Å².